The molecular formula is C8H11NO2. The third kappa shape index (κ3) is 1.28. The highest BCUT2D eigenvalue weighted by Gasteiger charge is 2.28. The molecule has 2 heterocycles. The fourth-order valence-electron chi connectivity index (χ4n) is 1.59. The van der Waals surface area contributed by atoms with Crippen molar-refractivity contribution < 1.29 is 9.53 Å². The van der Waals surface area contributed by atoms with Gasteiger partial charge in [0.25, 0.3) is 0 Å². The summed E-state index contributed by atoms with van der Waals surface area (Å²) in [6, 6.07) is 0.359. The Morgan fingerprint density at radius 2 is 2.55 bits per heavy atom. The van der Waals surface area contributed by atoms with Crippen molar-refractivity contribution in [3.05, 3.63) is 12.2 Å². The van der Waals surface area contributed by atoms with Crippen molar-refractivity contribution in [3.63, 3.8) is 0 Å². The number of carbonyl (C=O) groups is 1. The van der Waals surface area contributed by atoms with Gasteiger partial charge in [-0.05, 0) is 25.5 Å². The van der Waals surface area contributed by atoms with Gasteiger partial charge >= 0.3 is 5.97 Å². The van der Waals surface area contributed by atoms with E-state index in [0.29, 0.717) is 6.04 Å². The third-order valence-electron chi connectivity index (χ3n) is 2.17. The average Bonchev–Trinajstić information content (AvgIpc) is 2.55. The highest BCUT2D eigenvalue weighted by Crippen LogP contribution is 2.16. The average molecular weight is 153 g/mol. The summed E-state index contributed by atoms with van der Waals surface area (Å²) < 4.78 is 5.03. The normalized spacial score (nSPS) is 36.2. The lowest BCUT2D eigenvalue weighted by Crippen LogP contribution is -2.34. The largest absolute Gasteiger partial charge is 0.453 e. The zero-order valence-corrected chi connectivity index (χ0v) is 6.25. The fraction of sp³-hybridized carbons (Fsp3) is 0.625. The van der Waals surface area contributed by atoms with E-state index in [-0.39, 0.29) is 12.1 Å². The molecule has 2 rings (SSSR count). The number of esters is 1. The van der Waals surface area contributed by atoms with Crippen LogP contribution in [-0.2, 0) is 9.53 Å². The van der Waals surface area contributed by atoms with Gasteiger partial charge in [0.2, 0.25) is 0 Å². The molecule has 0 aromatic carbocycles. The zero-order chi connectivity index (χ0) is 7.68. The summed E-state index contributed by atoms with van der Waals surface area (Å²) in [5.41, 5.74) is 0. The van der Waals surface area contributed by atoms with Crippen LogP contribution in [0.3, 0.4) is 0 Å². The Labute approximate surface area is 65.4 Å². The van der Waals surface area contributed by atoms with Gasteiger partial charge in [-0.3, -0.25) is 0 Å². The summed E-state index contributed by atoms with van der Waals surface area (Å²) in [4.78, 5) is 10.7. The zero-order valence-electron chi connectivity index (χ0n) is 6.25. The number of carbonyl (C=O) groups excluding carboxylic acids is 1. The first kappa shape index (κ1) is 6.85. The molecule has 1 N–H and O–H groups in total. The minimum absolute atomic E-state index is 0.00926. The van der Waals surface area contributed by atoms with Gasteiger partial charge < -0.3 is 10.1 Å². The van der Waals surface area contributed by atoms with Crippen molar-refractivity contribution in [1.82, 2.24) is 5.32 Å². The van der Waals surface area contributed by atoms with Crippen LogP contribution in [0, 0.1) is 0 Å². The quantitative estimate of drug-likeness (QED) is 0.548. The van der Waals surface area contributed by atoms with Crippen LogP contribution in [0.15, 0.2) is 12.2 Å². The van der Waals surface area contributed by atoms with Crippen molar-refractivity contribution in [2.45, 2.75) is 25.0 Å². The van der Waals surface area contributed by atoms with E-state index in [1.54, 1.807) is 0 Å². The van der Waals surface area contributed by atoms with Crippen molar-refractivity contribution in [3.8, 4) is 0 Å². The first-order chi connectivity index (χ1) is 5.36. The molecule has 0 amide bonds. The van der Waals surface area contributed by atoms with Crippen LogP contribution in [0.2, 0.25) is 0 Å². The molecule has 0 unspecified atom stereocenters. The van der Waals surface area contributed by atoms with E-state index in [1.807, 2.05) is 6.08 Å². The highest BCUT2D eigenvalue weighted by atomic mass is 16.5. The maximum atomic E-state index is 10.7. The Kier molecular flexibility index (Phi) is 1.66. The van der Waals surface area contributed by atoms with Gasteiger partial charge in [-0.2, -0.15) is 0 Å². The van der Waals surface area contributed by atoms with Crippen molar-refractivity contribution in [1.29, 1.82) is 0 Å². The van der Waals surface area contributed by atoms with Gasteiger partial charge in [0.1, 0.15) is 6.10 Å². The van der Waals surface area contributed by atoms with Crippen LogP contribution in [0.1, 0.15) is 12.8 Å². The van der Waals surface area contributed by atoms with Gasteiger partial charge in [-0.25, -0.2) is 4.79 Å². The minimum Gasteiger partial charge on any atom is -0.453 e. The number of rotatable bonds is 1. The molecule has 3 nitrogen and oxygen atoms in total. The van der Waals surface area contributed by atoms with Crippen LogP contribution in [0.5, 0.6) is 0 Å². The van der Waals surface area contributed by atoms with Crippen LogP contribution < -0.4 is 5.32 Å². The summed E-state index contributed by atoms with van der Waals surface area (Å²) in [7, 11) is 0. The summed E-state index contributed by atoms with van der Waals surface area (Å²) in [6.07, 6.45) is 5.63. The summed E-state index contributed by atoms with van der Waals surface area (Å²) in [5, 5.41) is 3.29. The van der Waals surface area contributed by atoms with Crippen molar-refractivity contribution in [2.24, 2.45) is 0 Å². The lowest BCUT2D eigenvalue weighted by Gasteiger charge is -2.15. The Morgan fingerprint density at radius 3 is 3.09 bits per heavy atom. The third-order valence-corrected chi connectivity index (χ3v) is 2.17. The Morgan fingerprint density at radius 1 is 1.64 bits per heavy atom. The maximum absolute atomic E-state index is 10.7. The summed E-state index contributed by atoms with van der Waals surface area (Å²) in [6.45, 7) is 1.05. The van der Waals surface area contributed by atoms with E-state index >= 15 is 0 Å². The molecule has 11 heavy (non-hydrogen) atoms. The lowest BCUT2D eigenvalue weighted by molar-refractivity contribution is -0.139. The fourth-order valence-corrected chi connectivity index (χ4v) is 1.59. The molecule has 2 aliphatic heterocycles. The first-order valence-corrected chi connectivity index (χ1v) is 3.98. The predicted octanol–water partition coefficient (Wildman–Crippen LogP) is 0.220. The number of hydrogen-bond acceptors (Lipinski definition) is 3. The number of nitrogens with one attached hydrogen (secondary N) is 1. The molecule has 1 fully saturated rings. The maximum Gasteiger partial charge on any atom is 0.331 e. The molecule has 0 saturated carbocycles. The van der Waals surface area contributed by atoms with Crippen LogP contribution in [0.4, 0.5) is 0 Å². The molecule has 0 radical (unpaired) electrons. The van der Waals surface area contributed by atoms with E-state index < -0.39 is 0 Å². The van der Waals surface area contributed by atoms with E-state index in [0.717, 1.165) is 13.0 Å². The van der Waals surface area contributed by atoms with Gasteiger partial charge in [-0.15, -0.1) is 0 Å². The monoisotopic (exact) mass is 153 g/mol. The molecule has 0 spiro atoms. The SMILES string of the molecule is O=C1C=C[C@@H]([C@H]2CCCN2)O1. The highest BCUT2D eigenvalue weighted by molar-refractivity contribution is 5.84. The molecule has 2 atom stereocenters. The number of cyclic esters (lactones) is 1. The smallest absolute Gasteiger partial charge is 0.331 e. The number of hydrogen-bond donors (Lipinski definition) is 1. The second-order valence-electron chi connectivity index (χ2n) is 2.96. The topological polar surface area (TPSA) is 38.3 Å². The van der Waals surface area contributed by atoms with Gasteiger partial charge in [-0.1, -0.05) is 0 Å². The minimum atomic E-state index is -0.205. The molecule has 0 aromatic rings. The molecule has 0 aliphatic carbocycles. The second kappa shape index (κ2) is 2.66. The van der Waals surface area contributed by atoms with E-state index in [9.17, 15) is 4.79 Å². The molecular weight excluding hydrogens is 142 g/mol. The van der Waals surface area contributed by atoms with Crippen LogP contribution in [-0.4, -0.2) is 24.7 Å². The Hall–Kier alpha value is -0.830. The number of ether oxygens (including phenoxy) is 1. The van der Waals surface area contributed by atoms with Gasteiger partial charge in [0, 0.05) is 12.1 Å². The molecule has 0 aromatic heterocycles. The van der Waals surface area contributed by atoms with Gasteiger partial charge in [0.15, 0.2) is 0 Å². The lowest BCUT2D eigenvalue weighted by atomic mass is 10.1. The Balaban J connectivity index is 1.96. The van der Waals surface area contributed by atoms with Crippen LogP contribution in [0.25, 0.3) is 0 Å². The predicted molar refractivity (Wildman–Crippen MR) is 40.0 cm³/mol. The van der Waals surface area contributed by atoms with Crippen LogP contribution >= 0.6 is 0 Å². The molecule has 3 heteroatoms. The Bertz CT molecular complexity index is 194. The van der Waals surface area contributed by atoms with E-state index in [2.05, 4.69) is 5.32 Å². The summed E-state index contributed by atoms with van der Waals surface area (Å²) >= 11 is 0. The summed E-state index contributed by atoms with van der Waals surface area (Å²) in [5.74, 6) is -0.205. The van der Waals surface area contributed by atoms with E-state index in [1.165, 1.54) is 12.5 Å². The molecule has 1 saturated heterocycles. The molecule has 2 aliphatic rings. The van der Waals surface area contributed by atoms with Gasteiger partial charge in [0.05, 0.1) is 0 Å². The van der Waals surface area contributed by atoms with E-state index in [4.69, 9.17) is 4.74 Å². The van der Waals surface area contributed by atoms with Crippen molar-refractivity contribution in [2.75, 3.05) is 6.54 Å². The molecule has 0 bridgehead atoms. The second-order valence-corrected chi connectivity index (χ2v) is 2.96. The standard InChI is InChI=1S/C8H11NO2/c10-8-4-3-7(11-8)6-2-1-5-9-6/h3-4,6-7,9H,1-2,5H2/t6-,7+/m1/s1. The molecule has 60 valence electrons. The van der Waals surface area contributed by atoms with Crippen molar-refractivity contribution >= 4 is 5.97 Å². The first-order valence-electron chi connectivity index (χ1n) is 3.98.